The molecule has 0 bridgehead atoms. The summed E-state index contributed by atoms with van der Waals surface area (Å²) in [6, 6.07) is 8.69. The molecule has 2 N–H and O–H groups in total. The van der Waals surface area contributed by atoms with Gasteiger partial charge in [-0.15, -0.1) is 12.3 Å². The number of hydrogen-bond acceptors (Lipinski definition) is 1. The van der Waals surface area contributed by atoms with Crippen LogP contribution in [0.3, 0.4) is 0 Å². The standard InChI is InChI=1S/C14H19N/c1-3-4-9-14(15)11-10-13-8-6-5-7-12(13)2/h1,5-8,14H,4,9-11,15H2,2H3. The van der Waals surface area contributed by atoms with Gasteiger partial charge in [-0.05, 0) is 37.3 Å². The normalized spacial score (nSPS) is 12.1. The molecular weight excluding hydrogens is 182 g/mol. The van der Waals surface area contributed by atoms with Crippen LogP contribution >= 0.6 is 0 Å². The van der Waals surface area contributed by atoms with Gasteiger partial charge in [0.1, 0.15) is 0 Å². The maximum Gasteiger partial charge on any atom is 0.0101 e. The van der Waals surface area contributed by atoms with Crippen LogP contribution in [0.2, 0.25) is 0 Å². The molecule has 0 saturated heterocycles. The van der Waals surface area contributed by atoms with Crippen LogP contribution in [0.5, 0.6) is 0 Å². The van der Waals surface area contributed by atoms with Gasteiger partial charge in [-0.3, -0.25) is 0 Å². The van der Waals surface area contributed by atoms with Gasteiger partial charge in [0.2, 0.25) is 0 Å². The summed E-state index contributed by atoms with van der Waals surface area (Å²) in [7, 11) is 0. The molecule has 80 valence electrons. The Morgan fingerprint density at radius 1 is 1.33 bits per heavy atom. The topological polar surface area (TPSA) is 26.0 Å². The predicted molar refractivity (Wildman–Crippen MR) is 65.5 cm³/mol. The molecule has 1 heteroatoms. The van der Waals surface area contributed by atoms with Crippen LogP contribution in [-0.4, -0.2) is 6.04 Å². The van der Waals surface area contributed by atoms with Crippen molar-refractivity contribution in [3.8, 4) is 12.3 Å². The number of rotatable bonds is 5. The van der Waals surface area contributed by atoms with Crippen LogP contribution in [0.25, 0.3) is 0 Å². The van der Waals surface area contributed by atoms with Crippen LogP contribution in [-0.2, 0) is 6.42 Å². The number of terminal acetylenes is 1. The van der Waals surface area contributed by atoms with E-state index in [1.807, 2.05) is 0 Å². The summed E-state index contributed by atoms with van der Waals surface area (Å²) in [6.07, 6.45) is 9.00. The number of hydrogen-bond donors (Lipinski definition) is 1. The molecule has 1 aromatic carbocycles. The second kappa shape index (κ2) is 6.27. The minimum Gasteiger partial charge on any atom is -0.328 e. The largest absolute Gasteiger partial charge is 0.328 e. The van der Waals surface area contributed by atoms with E-state index < -0.39 is 0 Å². The van der Waals surface area contributed by atoms with Gasteiger partial charge in [0, 0.05) is 12.5 Å². The van der Waals surface area contributed by atoms with Crippen LogP contribution in [0.15, 0.2) is 24.3 Å². The monoisotopic (exact) mass is 201 g/mol. The molecule has 0 amide bonds. The highest BCUT2D eigenvalue weighted by molar-refractivity contribution is 5.25. The molecule has 1 atom stereocenters. The van der Waals surface area contributed by atoms with Crippen LogP contribution in [0.1, 0.15) is 30.4 Å². The maximum absolute atomic E-state index is 5.96. The third kappa shape index (κ3) is 4.18. The molecule has 0 aromatic heterocycles. The van der Waals surface area contributed by atoms with Gasteiger partial charge in [0.15, 0.2) is 0 Å². The highest BCUT2D eigenvalue weighted by atomic mass is 14.6. The predicted octanol–water partition coefficient (Wildman–Crippen LogP) is 2.67. The Bertz CT molecular complexity index is 335. The summed E-state index contributed by atoms with van der Waals surface area (Å²) in [5, 5.41) is 0. The molecule has 1 nitrogen and oxygen atoms in total. The summed E-state index contributed by atoms with van der Waals surface area (Å²) < 4.78 is 0. The van der Waals surface area contributed by atoms with E-state index in [0.29, 0.717) is 0 Å². The fourth-order valence-corrected chi connectivity index (χ4v) is 1.64. The number of benzene rings is 1. The van der Waals surface area contributed by atoms with E-state index in [4.69, 9.17) is 12.2 Å². The minimum atomic E-state index is 0.237. The van der Waals surface area contributed by atoms with Gasteiger partial charge in [0.25, 0.3) is 0 Å². The van der Waals surface area contributed by atoms with Crippen molar-refractivity contribution in [3.63, 3.8) is 0 Å². The van der Waals surface area contributed by atoms with Crippen LogP contribution < -0.4 is 5.73 Å². The third-order valence-corrected chi connectivity index (χ3v) is 2.71. The quantitative estimate of drug-likeness (QED) is 0.728. The van der Waals surface area contributed by atoms with Gasteiger partial charge in [-0.1, -0.05) is 24.3 Å². The summed E-state index contributed by atoms with van der Waals surface area (Å²) in [6.45, 7) is 2.14. The number of nitrogens with two attached hydrogens (primary N) is 1. The van der Waals surface area contributed by atoms with Crippen LogP contribution in [0, 0.1) is 19.3 Å². The van der Waals surface area contributed by atoms with Gasteiger partial charge in [-0.25, -0.2) is 0 Å². The van der Waals surface area contributed by atoms with Gasteiger partial charge >= 0.3 is 0 Å². The maximum atomic E-state index is 5.96. The smallest absolute Gasteiger partial charge is 0.0101 e. The Kier molecular flexibility index (Phi) is 4.93. The summed E-state index contributed by atoms with van der Waals surface area (Å²) in [4.78, 5) is 0. The summed E-state index contributed by atoms with van der Waals surface area (Å²) in [5.74, 6) is 2.63. The van der Waals surface area contributed by atoms with Crippen molar-refractivity contribution >= 4 is 0 Å². The van der Waals surface area contributed by atoms with E-state index in [-0.39, 0.29) is 6.04 Å². The number of aryl methyl sites for hydroxylation is 2. The molecule has 1 unspecified atom stereocenters. The van der Waals surface area contributed by atoms with E-state index in [0.717, 1.165) is 25.7 Å². The van der Waals surface area contributed by atoms with E-state index in [1.54, 1.807) is 0 Å². The fraction of sp³-hybridized carbons (Fsp3) is 0.429. The van der Waals surface area contributed by atoms with E-state index in [9.17, 15) is 0 Å². The Morgan fingerprint density at radius 3 is 2.73 bits per heavy atom. The summed E-state index contributed by atoms with van der Waals surface area (Å²) >= 11 is 0. The molecule has 0 aliphatic carbocycles. The Hall–Kier alpha value is -1.26. The Morgan fingerprint density at radius 2 is 2.07 bits per heavy atom. The molecule has 0 heterocycles. The summed E-state index contributed by atoms with van der Waals surface area (Å²) in [5.41, 5.74) is 8.71. The first-order valence-corrected chi connectivity index (χ1v) is 5.47. The van der Waals surface area contributed by atoms with Crippen molar-refractivity contribution < 1.29 is 0 Å². The lowest BCUT2D eigenvalue weighted by atomic mass is 9.99. The van der Waals surface area contributed by atoms with Crippen molar-refractivity contribution in [1.29, 1.82) is 0 Å². The molecule has 0 spiro atoms. The molecule has 0 aliphatic heterocycles. The lowest BCUT2D eigenvalue weighted by molar-refractivity contribution is 0.577. The van der Waals surface area contributed by atoms with Crippen molar-refractivity contribution in [1.82, 2.24) is 0 Å². The Labute approximate surface area is 92.7 Å². The Balaban J connectivity index is 2.37. The second-order valence-corrected chi connectivity index (χ2v) is 3.97. The SMILES string of the molecule is C#CCCC(N)CCc1ccccc1C. The van der Waals surface area contributed by atoms with E-state index >= 15 is 0 Å². The molecule has 1 aromatic rings. The molecule has 0 radical (unpaired) electrons. The highest BCUT2D eigenvalue weighted by Crippen LogP contribution is 2.11. The highest BCUT2D eigenvalue weighted by Gasteiger charge is 2.03. The molecule has 1 rings (SSSR count). The zero-order valence-electron chi connectivity index (χ0n) is 9.37. The van der Waals surface area contributed by atoms with Crippen molar-refractivity contribution in [3.05, 3.63) is 35.4 Å². The minimum absolute atomic E-state index is 0.237. The first-order valence-electron chi connectivity index (χ1n) is 5.47. The van der Waals surface area contributed by atoms with Gasteiger partial charge in [0.05, 0.1) is 0 Å². The third-order valence-electron chi connectivity index (χ3n) is 2.71. The zero-order valence-corrected chi connectivity index (χ0v) is 9.37. The lowest BCUT2D eigenvalue weighted by Crippen LogP contribution is -2.20. The zero-order chi connectivity index (χ0) is 11.1. The molecule has 0 fully saturated rings. The average molecular weight is 201 g/mol. The van der Waals surface area contributed by atoms with Crippen molar-refractivity contribution in [2.24, 2.45) is 5.73 Å². The van der Waals surface area contributed by atoms with E-state index in [2.05, 4.69) is 37.1 Å². The molecular formula is C14H19N. The fourth-order valence-electron chi connectivity index (χ4n) is 1.64. The first kappa shape index (κ1) is 11.8. The van der Waals surface area contributed by atoms with Crippen molar-refractivity contribution in [2.75, 3.05) is 0 Å². The lowest BCUT2D eigenvalue weighted by Gasteiger charge is -2.10. The first-order chi connectivity index (χ1) is 7.24. The average Bonchev–Trinajstić information content (AvgIpc) is 2.25. The molecule has 15 heavy (non-hydrogen) atoms. The molecule has 0 saturated carbocycles. The van der Waals surface area contributed by atoms with Gasteiger partial charge < -0.3 is 5.73 Å². The van der Waals surface area contributed by atoms with Gasteiger partial charge in [-0.2, -0.15) is 0 Å². The van der Waals surface area contributed by atoms with Crippen LogP contribution in [0.4, 0.5) is 0 Å². The second-order valence-electron chi connectivity index (χ2n) is 3.97. The van der Waals surface area contributed by atoms with Crippen molar-refractivity contribution in [2.45, 2.75) is 38.6 Å². The van der Waals surface area contributed by atoms with E-state index in [1.165, 1.54) is 11.1 Å². The molecule has 0 aliphatic rings.